The maximum atomic E-state index is 12.3. The molecule has 9 nitrogen and oxygen atoms in total. The van der Waals surface area contributed by atoms with Gasteiger partial charge < -0.3 is 9.47 Å². The highest BCUT2D eigenvalue weighted by Gasteiger charge is 2.19. The van der Waals surface area contributed by atoms with Crippen molar-refractivity contribution in [2.24, 2.45) is 0 Å². The second kappa shape index (κ2) is 9.28. The molecular weight excluding hydrogens is 428 g/mol. The molecule has 30 heavy (non-hydrogen) atoms. The molecule has 0 radical (unpaired) electrons. The Kier molecular flexibility index (Phi) is 6.75. The zero-order valence-corrected chi connectivity index (χ0v) is 18.2. The lowest BCUT2D eigenvalue weighted by Gasteiger charge is -2.12. The van der Waals surface area contributed by atoms with Gasteiger partial charge in [0, 0.05) is 26.5 Å². The summed E-state index contributed by atoms with van der Waals surface area (Å²) in [7, 11) is -0.554. The van der Waals surface area contributed by atoms with Crippen molar-refractivity contribution in [3.63, 3.8) is 0 Å². The monoisotopic (exact) mass is 448 g/mol. The zero-order chi connectivity index (χ0) is 21.7. The fourth-order valence-electron chi connectivity index (χ4n) is 2.37. The largest absolute Gasteiger partial charge is 0.490 e. The van der Waals surface area contributed by atoms with Gasteiger partial charge in [0.15, 0.2) is 10.8 Å². The van der Waals surface area contributed by atoms with Gasteiger partial charge in [-0.2, -0.15) is 0 Å². The van der Waals surface area contributed by atoms with Gasteiger partial charge in [-0.3, -0.25) is 0 Å². The minimum Gasteiger partial charge on any atom is -0.490 e. The van der Waals surface area contributed by atoms with Crippen molar-refractivity contribution in [2.45, 2.75) is 11.8 Å². The number of sulfonamides is 1. The van der Waals surface area contributed by atoms with E-state index in [-0.39, 0.29) is 18.1 Å². The third-order valence-corrected chi connectivity index (χ3v) is 6.89. The first-order valence-electron chi connectivity index (χ1n) is 8.86. The van der Waals surface area contributed by atoms with Gasteiger partial charge in [0.1, 0.15) is 23.8 Å². The molecule has 0 aliphatic rings. The first-order chi connectivity index (χ1) is 14.3. The number of hydrogen-bond acceptors (Lipinski definition) is 9. The summed E-state index contributed by atoms with van der Waals surface area (Å²) in [6, 6.07) is 7.73. The number of aryl methyl sites for hydroxylation is 1. The van der Waals surface area contributed by atoms with Crippen molar-refractivity contribution in [2.75, 3.05) is 27.3 Å². The van der Waals surface area contributed by atoms with Crippen LogP contribution in [0.5, 0.6) is 5.75 Å². The Hall–Kier alpha value is -2.89. The SMILES string of the molecule is Cc1nc(-c2ncccn2)sc1C(=O)OCCOc1ccc(S(=O)(=O)N(C)C)cc1. The van der Waals surface area contributed by atoms with Crippen molar-refractivity contribution in [3.05, 3.63) is 53.3 Å². The predicted molar refractivity (Wildman–Crippen MR) is 111 cm³/mol. The molecule has 0 amide bonds. The minimum atomic E-state index is -3.49. The highest BCUT2D eigenvalue weighted by atomic mass is 32.2. The molecule has 0 aliphatic heterocycles. The van der Waals surface area contributed by atoms with Crippen LogP contribution in [0.4, 0.5) is 0 Å². The highest BCUT2D eigenvalue weighted by molar-refractivity contribution is 7.89. The van der Waals surface area contributed by atoms with Gasteiger partial charge in [0.05, 0.1) is 10.6 Å². The Balaban J connectivity index is 1.53. The Morgan fingerprint density at radius 3 is 2.40 bits per heavy atom. The lowest BCUT2D eigenvalue weighted by Crippen LogP contribution is -2.22. The molecule has 3 aromatic rings. The fraction of sp³-hybridized carbons (Fsp3) is 0.263. The molecule has 0 aliphatic carbocycles. The highest BCUT2D eigenvalue weighted by Crippen LogP contribution is 2.25. The first-order valence-corrected chi connectivity index (χ1v) is 11.1. The van der Waals surface area contributed by atoms with E-state index in [9.17, 15) is 13.2 Å². The van der Waals surface area contributed by atoms with Gasteiger partial charge in [-0.1, -0.05) is 0 Å². The van der Waals surface area contributed by atoms with Crippen LogP contribution in [-0.2, 0) is 14.8 Å². The van der Waals surface area contributed by atoms with E-state index in [2.05, 4.69) is 15.0 Å². The normalized spacial score (nSPS) is 11.5. The van der Waals surface area contributed by atoms with Crippen molar-refractivity contribution in [1.82, 2.24) is 19.3 Å². The summed E-state index contributed by atoms with van der Waals surface area (Å²) in [4.78, 5) is 25.5. The number of carbonyl (C=O) groups excluding carboxylic acids is 1. The number of thiazole rings is 1. The predicted octanol–water partition coefficient (Wildman–Crippen LogP) is 2.39. The standard InChI is InChI=1S/C19H20N4O5S2/c1-13-16(29-18(22-13)17-20-9-4-10-21-17)19(24)28-12-11-27-14-5-7-15(8-6-14)30(25,26)23(2)3/h4-10H,11-12H2,1-3H3. The molecule has 0 unspecified atom stereocenters. The summed E-state index contributed by atoms with van der Waals surface area (Å²) >= 11 is 1.17. The van der Waals surface area contributed by atoms with E-state index in [1.54, 1.807) is 37.5 Å². The van der Waals surface area contributed by atoms with Crippen LogP contribution < -0.4 is 4.74 Å². The molecule has 0 N–H and O–H groups in total. The quantitative estimate of drug-likeness (QED) is 0.381. The van der Waals surface area contributed by atoms with E-state index in [1.807, 2.05) is 0 Å². The van der Waals surface area contributed by atoms with E-state index in [0.29, 0.717) is 27.2 Å². The average molecular weight is 449 g/mol. The number of benzene rings is 1. The molecular formula is C19H20N4O5S2. The van der Waals surface area contributed by atoms with Crippen LogP contribution in [0.25, 0.3) is 10.8 Å². The van der Waals surface area contributed by atoms with E-state index in [0.717, 1.165) is 4.31 Å². The van der Waals surface area contributed by atoms with E-state index in [4.69, 9.17) is 9.47 Å². The third-order valence-electron chi connectivity index (χ3n) is 3.93. The fourth-order valence-corrected chi connectivity index (χ4v) is 4.18. The number of rotatable bonds is 8. The summed E-state index contributed by atoms with van der Waals surface area (Å²) in [6.45, 7) is 1.88. The molecule has 11 heteroatoms. The number of ether oxygens (including phenoxy) is 2. The summed E-state index contributed by atoms with van der Waals surface area (Å²) in [5.41, 5.74) is 0.547. The lowest BCUT2D eigenvalue weighted by atomic mass is 10.3. The maximum Gasteiger partial charge on any atom is 0.350 e. The van der Waals surface area contributed by atoms with Gasteiger partial charge >= 0.3 is 5.97 Å². The Morgan fingerprint density at radius 2 is 1.77 bits per heavy atom. The maximum absolute atomic E-state index is 12.3. The van der Waals surface area contributed by atoms with Crippen LogP contribution in [0.3, 0.4) is 0 Å². The van der Waals surface area contributed by atoms with Gasteiger partial charge in [-0.05, 0) is 37.3 Å². The Morgan fingerprint density at radius 1 is 1.10 bits per heavy atom. The van der Waals surface area contributed by atoms with Crippen LogP contribution in [0.15, 0.2) is 47.6 Å². The van der Waals surface area contributed by atoms with E-state index < -0.39 is 16.0 Å². The van der Waals surface area contributed by atoms with Crippen LogP contribution in [0, 0.1) is 6.92 Å². The summed E-state index contributed by atoms with van der Waals surface area (Å²) in [5.74, 6) is 0.428. The second-order valence-corrected chi connectivity index (χ2v) is 9.40. The van der Waals surface area contributed by atoms with Gasteiger partial charge in [-0.15, -0.1) is 11.3 Å². The van der Waals surface area contributed by atoms with Crippen molar-refractivity contribution in [3.8, 4) is 16.6 Å². The third kappa shape index (κ3) is 4.99. The van der Waals surface area contributed by atoms with Crippen LogP contribution in [0.1, 0.15) is 15.4 Å². The first kappa shape index (κ1) is 21.8. The molecule has 3 rings (SSSR count). The lowest BCUT2D eigenvalue weighted by molar-refractivity contribution is 0.0455. The van der Waals surface area contributed by atoms with Crippen molar-refractivity contribution >= 4 is 27.3 Å². The van der Waals surface area contributed by atoms with Crippen LogP contribution in [-0.4, -0.2) is 61.0 Å². The number of carbonyl (C=O) groups is 1. The number of esters is 1. The van der Waals surface area contributed by atoms with Gasteiger partial charge in [0.25, 0.3) is 0 Å². The zero-order valence-electron chi connectivity index (χ0n) is 16.6. The van der Waals surface area contributed by atoms with E-state index >= 15 is 0 Å². The Labute approximate surface area is 178 Å². The molecule has 0 bridgehead atoms. The Bertz CT molecular complexity index is 1110. The number of nitrogens with zero attached hydrogens (tertiary/aromatic N) is 4. The number of aromatic nitrogens is 3. The van der Waals surface area contributed by atoms with Gasteiger partial charge in [0.2, 0.25) is 10.0 Å². The average Bonchev–Trinajstić information content (AvgIpc) is 3.13. The summed E-state index contributed by atoms with van der Waals surface area (Å²) in [5, 5.41) is 0.545. The molecule has 0 atom stereocenters. The molecule has 0 saturated carbocycles. The van der Waals surface area contributed by atoms with Gasteiger partial charge in [-0.25, -0.2) is 32.5 Å². The molecule has 2 heterocycles. The second-order valence-electron chi connectivity index (χ2n) is 6.25. The van der Waals surface area contributed by atoms with Crippen molar-refractivity contribution < 1.29 is 22.7 Å². The van der Waals surface area contributed by atoms with Crippen LogP contribution >= 0.6 is 11.3 Å². The molecule has 0 saturated heterocycles. The summed E-state index contributed by atoms with van der Waals surface area (Å²) in [6.07, 6.45) is 3.22. The topological polar surface area (TPSA) is 112 Å². The molecule has 1 aromatic carbocycles. The van der Waals surface area contributed by atoms with Crippen molar-refractivity contribution in [1.29, 1.82) is 0 Å². The minimum absolute atomic E-state index is 0.0328. The molecule has 158 valence electrons. The molecule has 2 aromatic heterocycles. The summed E-state index contributed by atoms with van der Waals surface area (Å²) < 4.78 is 36.0. The molecule has 0 spiro atoms. The smallest absolute Gasteiger partial charge is 0.350 e. The number of hydrogen-bond donors (Lipinski definition) is 0. The van der Waals surface area contributed by atoms with E-state index in [1.165, 1.54) is 37.6 Å². The van der Waals surface area contributed by atoms with Crippen LogP contribution in [0.2, 0.25) is 0 Å². The molecule has 0 fully saturated rings.